The van der Waals surface area contributed by atoms with Gasteiger partial charge in [-0.05, 0) is 37.1 Å². The van der Waals surface area contributed by atoms with E-state index in [2.05, 4.69) is 10.5 Å². The number of hydrogen-bond acceptors (Lipinski definition) is 3. The van der Waals surface area contributed by atoms with Gasteiger partial charge in [-0.3, -0.25) is 0 Å². The summed E-state index contributed by atoms with van der Waals surface area (Å²) in [6, 6.07) is 10.8. The molecule has 6 heteroatoms. The molecule has 0 amide bonds. The molecule has 23 heavy (non-hydrogen) atoms. The minimum absolute atomic E-state index is 0.384. The first-order chi connectivity index (χ1) is 11.1. The van der Waals surface area contributed by atoms with Crippen LogP contribution in [0.25, 0.3) is 11.1 Å². The number of hydrogen-bond donors (Lipinski definition) is 0. The van der Waals surface area contributed by atoms with Crippen molar-refractivity contribution in [3.63, 3.8) is 0 Å². The molecule has 2 aromatic carbocycles. The van der Waals surface area contributed by atoms with Gasteiger partial charge in [0, 0.05) is 18.8 Å². The van der Waals surface area contributed by atoms with Crippen molar-refractivity contribution < 1.29 is 22.7 Å². The van der Waals surface area contributed by atoms with E-state index in [0.717, 1.165) is 17.7 Å². The highest BCUT2D eigenvalue weighted by atomic mass is 28.2. The van der Waals surface area contributed by atoms with Gasteiger partial charge in [-0.25, -0.2) is 8.78 Å². The quantitative estimate of drug-likeness (QED) is 0.567. The van der Waals surface area contributed by atoms with Crippen LogP contribution in [0.1, 0.15) is 19.4 Å². The van der Waals surface area contributed by atoms with E-state index < -0.39 is 17.6 Å². The fourth-order valence-electron chi connectivity index (χ4n) is 2.25. The molecule has 0 fully saturated rings. The second-order valence-corrected chi connectivity index (χ2v) is 4.93. The highest BCUT2D eigenvalue weighted by molar-refractivity contribution is 5.98. The molecule has 0 aliphatic carbocycles. The van der Waals surface area contributed by atoms with Gasteiger partial charge in [-0.2, -0.15) is 0 Å². The first-order valence-electron chi connectivity index (χ1n) is 7.25. The Hall–Kier alpha value is -1.60. The number of benzene rings is 2. The van der Waals surface area contributed by atoms with E-state index in [9.17, 15) is 8.78 Å². The molecule has 3 radical (unpaired) electrons. The van der Waals surface area contributed by atoms with Gasteiger partial charge < -0.3 is 13.9 Å². The highest BCUT2D eigenvalue weighted by Gasteiger charge is 2.33. The third-order valence-corrected chi connectivity index (χ3v) is 3.56. The molecule has 2 rings (SSSR count). The lowest BCUT2D eigenvalue weighted by Crippen LogP contribution is -2.35. The Kier molecular flexibility index (Phi) is 6.01. The van der Waals surface area contributed by atoms with E-state index >= 15 is 0 Å². The molecule has 0 aromatic heterocycles. The summed E-state index contributed by atoms with van der Waals surface area (Å²) in [4.78, 5) is 0. The minimum Gasteiger partial charge on any atom is -0.367 e. The fourth-order valence-corrected chi connectivity index (χ4v) is 2.48. The Balaban J connectivity index is 2.34. The van der Waals surface area contributed by atoms with Crippen LogP contribution in [0, 0.1) is 11.6 Å². The molecule has 0 saturated heterocycles. The SMILES string of the molecule is CCOC(O[Si])(OCC)c1ccc(-c2ccc(F)c(F)c2)cc1. The lowest BCUT2D eigenvalue weighted by molar-refractivity contribution is -0.352. The summed E-state index contributed by atoms with van der Waals surface area (Å²) < 4.78 is 42.8. The molecule has 0 aliphatic heterocycles. The average Bonchev–Trinajstić information content (AvgIpc) is 2.57. The first kappa shape index (κ1) is 17.7. The Morgan fingerprint density at radius 1 is 0.870 bits per heavy atom. The van der Waals surface area contributed by atoms with Gasteiger partial charge in [-0.1, -0.05) is 30.3 Å². The van der Waals surface area contributed by atoms with Crippen molar-refractivity contribution in [2.24, 2.45) is 0 Å². The van der Waals surface area contributed by atoms with Gasteiger partial charge in [0.05, 0.1) is 0 Å². The zero-order valence-electron chi connectivity index (χ0n) is 12.9. The number of rotatable bonds is 7. The summed E-state index contributed by atoms with van der Waals surface area (Å²) in [6.07, 6.45) is 0. The smallest absolute Gasteiger partial charge is 0.302 e. The third kappa shape index (κ3) is 3.84. The van der Waals surface area contributed by atoms with Crippen LogP contribution in [0.2, 0.25) is 0 Å². The first-order valence-corrected chi connectivity index (χ1v) is 7.65. The van der Waals surface area contributed by atoms with Crippen molar-refractivity contribution >= 4 is 10.5 Å². The molecule has 0 N–H and O–H groups in total. The number of halogens is 2. The van der Waals surface area contributed by atoms with Crippen molar-refractivity contribution in [2.45, 2.75) is 19.8 Å². The van der Waals surface area contributed by atoms with Crippen molar-refractivity contribution in [3.8, 4) is 11.1 Å². The molecule has 0 heterocycles. The predicted molar refractivity (Wildman–Crippen MR) is 83.6 cm³/mol. The van der Waals surface area contributed by atoms with Crippen molar-refractivity contribution in [1.29, 1.82) is 0 Å². The largest absolute Gasteiger partial charge is 0.367 e. The van der Waals surface area contributed by atoms with E-state index in [1.165, 1.54) is 6.07 Å². The Morgan fingerprint density at radius 3 is 1.91 bits per heavy atom. The molecule has 0 bridgehead atoms. The second-order valence-electron chi connectivity index (χ2n) is 4.73. The van der Waals surface area contributed by atoms with Crippen molar-refractivity contribution in [1.82, 2.24) is 0 Å². The van der Waals surface area contributed by atoms with Gasteiger partial charge >= 0.3 is 5.97 Å². The van der Waals surface area contributed by atoms with Gasteiger partial charge in [0.2, 0.25) is 0 Å². The Morgan fingerprint density at radius 2 is 1.43 bits per heavy atom. The third-order valence-electron chi connectivity index (χ3n) is 3.29. The van der Waals surface area contributed by atoms with E-state index in [1.807, 2.05) is 13.8 Å². The Bertz CT molecular complexity index is 641. The summed E-state index contributed by atoms with van der Waals surface area (Å²) in [7, 11) is 3.00. The summed E-state index contributed by atoms with van der Waals surface area (Å²) in [5, 5.41) is 0. The van der Waals surface area contributed by atoms with E-state index in [4.69, 9.17) is 13.9 Å². The lowest BCUT2D eigenvalue weighted by atomic mass is 10.0. The normalized spacial score (nSPS) is 11.7. The maximum atomic E-state index is 13.3. The maximum Gasteiger partial charge on any atom is 0.302 e. The zero-order valence-corrected chi connectivity index (χ0v) is 13.9. The summed E-state index contributed by atoms with van der Waals surface area (Å²) in [5.74, 6) is -3.11. The van der Waals surface area contributed by atoms with E-state index in [0.29, 0.717) is 24.3 Å². The maximum absolute atomic E-state index is 13.3. The van der Waals surface area contributed by atoms with Crippen molar-refractivity contribution in [3.05, 3.63) is 59.7 Å². The van der Waals surface area contributed by atoms with Crippen molar-refractivity contribution in [2.75, 3.05) is 13.2 Å². The van der Waals surface area contributed by atoms with Crippen LogP contribution in [0.4, 0.5) is 8.78 Å². The van der Waals surface area contributed by atoms with Crippen LogP contribution in [0.3, 0.4) is 0 Å². The topological polar surface area (TPSA) is 27.7 Å². The van der Waals surface area contributed by atoms with Gasteiger partial charge in [0.25, 0.3) is 10.5 Å². The predicted octanol–water partition coefficient (Wildman–Crippen LogP) is 3.92. The molecule has 0 unspecified atom stereocenters. The molecular formula is C17H17F2O3Si. The number of ether oxygens (including phenoxy) is 2. The van der Waals surface area contributed by atoms with Gasteiger partial charge in [0.15, 0.2) is 11.6 Å². The van der Waals surface area contributed by atoms with Crippen LogP contribution in [0.5, 0.6) is 0 Å². The van der Waals surface area contributed by atoms with Crippen LogP contribution >= 0.6 is 0 Å². The van der Waals surface area contributed by atoms with E-state index in [1.54, 1.807) is 24.3 Å². The minimum atomic E-state index is -1.35. The zero-order chi connectivity index (χ0) is 16.9. The Labute approximate surface area is 137 Å². The van der Waals surface area contributed by atoms with Gasteiger partial charge in [-0.15, -0.1) is 0 Å². The monoisotopic (exact) mass is 335 g/mol. The summed E-state index contributed by atoms with van der Waals surface area (Å²) in [6.45, 7) is 4.42. The fraction of sp³-hybridized carbons (Fsp3) is 0.294. The van der Waals surface area contributed by atoms with Crippen LogP contribution < -0.4 is 0 Å². The van der Waals surface area contributed by atoms with Crippen LogP contribution in [0.15, 0.2) is 42.5 Å². The molecule has 121 valence electrons. The summed E-state index contributed by atoms with van der Waals surface area (Å²) >= 11 is 0. The van der Waals surface area contributed by atoms with Gasteiger partial charge in [0.1, 0.15) is 0 Å². The second kappa shape index (κ2) is 7.78. The highest BCUT2D eigenvalue weighted by Crippen LogP contribution is 2.30. The van der Waals surface area contributed by atoms with Crippen LogP contribution in [-0.4, -0.2) is 23.7 Å². The lowest BCUT2D eigenvalue weighted by Gasteiger charge is -2.31. The van der Waals surface area contributed by atoms with Crippen LogP contribution in [-0.2, 0) is 19.9 Å². The molecule has 0 aliphatic rings. The molecule has 3 nitrogen and oxygen atoms in total. The molecule has 0 saturated carbocycles. The summed E-state index contributed by atoms with van der Waals surface area (Å²) in [5.41, 5.74) is 1.96. The molecule has 0 atom stereocenters. The standard InChI is InChI=1S/C17H17F2O3Si/c1-3-20-17(22-23,21-4-2)14-8-5-12(6-9-14)13-7-10-15(18)16(19)11-13/h5-11H,3-4H2,1-2H3. The molecule has 2 aromatic rings. The molecule has 0 spiro atoms. The average molecular weight is 335 g/mol. The molecular weight excluding hydrogens is 318 g/mol. The van der Waals surface area contributed by atoms with E-state index in [-0.39, 0.29) is 0 Å².